The van der Waals surface area contributed by atoms with Crippen LogP contribution in [0.15, 0.2) is 22.7 Å². The maximum Gasteiger partial charge on any atom is 0.224 e. The van der Waals surface area contributed by atoms with Crippen molar-refractivity contribution in [2.75, 3.05) is 25.0 Å². The molecule has 114 valence electrons. The van der Waals surface area contributed by atoms with Gasteiger partial charge >= 0.3 is 0 Å². The number of amides is 1. The summed E-state index contributed by atoms with van der Waals surface area (Å²) in [5, 5.41) is 3.26. The van der Waals surface area contributed by atoms with E-state index in [4.69, 9.17) is 18.0 Å². The summed E-state index contributed by atoms with van der Waals surface area (Å²) in [7, 11) is 0. The fourth-order valence-corrected chi connectivity index (χ4v) is 3.46. The highest BCUT2D eigenvalue weighted by molar-refractivity contribution is 9.10. The van der Waals surface area contributed by atoms with Crippen LogP contribution < -0.4 is 11.1 Å². The van der Waals surface area contributed by atoms with Gasteiger partial charge in [-0.15, -0.1) is 0 Å². The van der Waals surface area contributed by atoms with E-state index < -0.39 is 0 Å². The predicted molar refractivity (Wildman–Crippen MR) is 93.6 cm³/mol. The molecular formula is C15H20BrN3OS. The van der Waals surface area contributed by atoms with E-state index in [1.165, 1.54) is 6.42 Å². The highest BCUT2D eigenvalue weighted by atomic mass is 79.9. The third-order valence-corrected chi connectivity index (χ3v) is 4.49. The average molecular weight is 370 g/mol. The average Bonchev–Trinajstić information content (AvgIpc) is 2.47. The first-order chi connectivity index (χ1) is 10.1. The Morgan fingerprint density at radius 1 is 1.33 bits per heavy atom. The molecule has 6 heteroatoms. The van der Waals surface area contributed by atoms with Crippen LogP contribution in [-0.2, 0) is 4.79 Å². The van der Waals surface area contributed by atoms with Crippen LogP contribution in [0.2, 0.25) is 0 Å². The second kappa shape index (κ2) is 7.75. The third kappa shape index (κ3) is 4.41. The number of nitrogens with one attached hydrogen (secondary N) is 1. The summed E-state index contributed by atoms with van der Waals surface area (Å²) in [4.78, 5) is 14.4. The number of anilines is 1. The second-order valence-corrected chi connectivity index (χ2v) is 6.44. The predicted octanol–water partition coefficient (Wildman–Crippen LogP) is 2.90. The fraction of sp³-hybridized carbons (Fsp3) is 0.467. The zero-order chi connectivity index (χ0) is 15.2. The molecule has 3 N–H and O–H groups in total. The number of halogens is 1. The topological polar surface area (TPSA) is 58.4 Å². The molecule has 1 aliphatic heterocycles. The molecule has 0 unspecified atom stereocenters. The van der Waals surface area contributed by atoms with Gasteiger partial charge in [0.15, 0.2) is 0 Å². The third-order valence-electron chi connectivity index (χ3n) is 3.62. The van der Waals surface area contributed by atoms with E-state index in [0.717, 1.165) is 41.7 Å². The molecule has 1 fully saturated rings. The molecule has 0 radical (unpaired) electrons. The van der Waals surface area contributed by atoms with E-state index in [2.05, 4.69) is 21.2 Å². The zero-order valence-electron chi connectivity index (χ0n) is 11.9. The number of rotatable bonds is 5. The first kappa shape index (κ1) is 16.2. The number of hydrogen-bond acceptors (Lipinski definition) is 3. The lowest BCUT2D eigenvalue weighted by Gasteiger charge is -2.26. The SMILES string of the molecule is NC(=S)c1c(Br)cccc1NCCC(=O)N1CCCCC1. The Labute approximate surface area is 139 Å². The smallest absolute Gasteiger partial charge is 0.224 e. The molecule has 0 bridgehead atoms. The molecule has 1 aromatic rings. The number of nitrogens with zero attached hydrogens (tertiary/aromatic N) is 1. The van der Waals surface area contributed by atoms with Gasteiger partial charge < -0.3 is 16.0 Å². The van der Waals surface area contributed by atoms with Gasteiger partial charge in [0, 0.05) is 41.8 Å². The van der Waals surface area contributed by atoms with Gasteiger partial charge in [-0.1, -0.05) is 18.3 Å². The molecular weight excluding hydrogens is 350 g/mol. The van der Waals surface area contributed by atoms with Crippen LogP contribution in [0, 0.1) is 0 Å². The zero-order valence-corrected chi connectivity index (χ0v) is 14.3. The van der Waals surface area contributed by atoms with Crippen molar-refractivity contribution in [1.29, 1.82) is 0 Å². The summed E-state index contributed by atoms with van der Waals surface area (Å²) in [6, 6.07) is 5.74. The first-order valence-corrected chi connectivity index (χ1v) is 8.39. The van der Waals surface area contributed by atoms with Crippen LogP contribution in [0.1, 0.15) is 31.2 Å². The lowest BCUT2D eigenvalue weighted by Crippen LogP contribution is -2.36. The van der Waals surface area contributed by atoms with Crippen molar-refractivity contribution in [3.05, 3.63) is 28.2 Å². The molecule has 0 atom stereocenters. The van der Waals surface area contributed by atoms with Crippen molar-refractivity contribution >= 4 is 44.7 Å². The van der Waals surface area contributed by atoms with Crippen molar-refractivity contribution in [1.82, 2.24) is 4.90 Å². The number of nitrogens with two attached hydrogens (primary N) is 1. The molecule has 0 aliphatic carbocycles. The summed E-state index contributed by atoms with van der Waals surface area (Å²) in [6.07, 6.45) is 3.97. The molecule has 1 saturated heterocycles. The molecule has 4 nitrogen and oxygen atoms in total. The van der Waals surface area contributed by atoms with Crippen LogP contribution in [0.4, 0.5) is 5.69 Å². The van der Waals surface area contributed by atoms with E-state index in [-0.39, 0.29) is 5.91 Å². The number of piperidine rings is 1. The Bertz CT molecular complexity index is 530. The van der Waals surface area contributed by atoms with Crippen LogP contribution >= 0.6 is 28.1 Å². The summed E-state index contributed by atoms with van der Waals surface area (Å²) >= 11 is 8.52. The van der Waals surface area contributed by atoms with Gasteiger partial charge in [0.25, 0.3) is 0 Å². The molecule has 2 rings (SSSR count). The Morgan fingerprint density at radius 2 is 2.05 bits per heavy atom. The maximum absolute atomic E-state index is 12.1. The Balaban J connectivity index is 1.90. The van der Waals surface area contributed by atoms with Crippen molar-refractivity contribution in [3.8, 4) is 0 Å². The molecule has 1 aromatic carbocycles. The largest absolute Gasteiger partial charge is 0.389 e. The maximum atomic E-state index is 12.1. The summed E-state index contributed by atoms with van der Waals surface area (Å²) in [5.74, 6) is 0.217. The minimum atomic E-state index is 0.217. The monoisotopic (exact) mass is 369 g/mol. The normalized spacial score (nSPS) is 14.8. The van der Waals surface area contributed by atoms with Crippen molar-refractivity contribution in [3.63, 3.8) is 0 Å². The van der Waals surface area contributed by atoms with Gasteiger partial charge in [0.2, 0.25) is 5.91 Å². The van der Waals surface area contributed by atoms with E-state index in [1.54, 1.807) is 0 Å². The number of carbonyl (C=O) groups excluding carboxylic acids is 1. The van der Waals surface area contributed by atoms with Crippen molar-refractivity contribution in [2.24, 2.45) is 5.73 Å². The van der Waals surface area contributed by atoms with E-state index in [9.17, 15) is 4.79 Å². The minimum absolute atomic E-state index is 0.217. The molecule has 1 heterocycles. The Morgan fingerprint density at radius 3 is 2.71 bits per heavy atom. The molecule has 0 spiro atoms. The van der Waals surface area contributed by atoms with Gasteiger partial charge in [0.05, 0.1) is 0 Å². The lowest BCUT2D eigenvalue weighted by atomic mass is 10.1. The molecule has 1 aliphatic rings. The second-order valence-electron chi connectivity index (χ2n) is 5.14. The van der Waals surface area contributed by atoms with Gasteiger partial charge in [-0.3, -0.25) is 4.79 Å². The number of likely N-dealkylation sites (tertiary alicyclic amines) is 1. The molecule has 21 heavy (non-hydrogen) atoms. The highest BCUT2D eigenvalue weighted by Crippen LogP contribution is 2.24. The van der Waals surface area contributed by atoms with Crippen molar-refractivity contribution < 1.29 is 4.79 Å². The van der Waals surface area contributed by atoms with Gasteiger partial charge in [-0.25, -0.2) is 0 Å². The van der Waals surface area contributed by atoms with E-state index in [1.807, 2.05) is 23.1 Å². The van der Waals surface area contributed by atoms with E-state index in [0.29, 0.717) is 18.0 Å². The van der Waals surface area contributed by atoms with Gasteiger partial charge in [0.1, 0.15) is 4.99 Å². The number of carbonyl (C=O) groups is 1. The summed E-state index contributed by atoms with van der Waals surface area (Å²) < 4.78 is 0.863. The number of hydrogen-bond donors (Lipinski definition) is 2. The quantitative estimate of drug-likeness (QED) is 0.783. The Hall–Kier alpha value is -1.14. The number of benzene rings is 1. The van der Waals surface area contributed by atoms with Gasteiger partial charge in [-0.05, 0) is 47.3 Å². The van der Waals surface area contributed by atoms with E-state index >= 15 is 0 Å². The van der Waals surface area contributed by atoms with Crippen molar-refractivity contribution in [2.45, 2.75) is 25.7 Å². The minimum Gasteiger partial charge on any atom is -0.389 e. The first-order valence-electron chi connectivity index (χ1n) is 7.19. The molecule has 0 aromatic heterocycles. The standard InChI is InChI=1S/C15H20BrN3OS/c16-11-5-4-6-12(14(11)15(17)21)18-8-7-13(20)19-9-2-1-3-10-19/h4-6,18H,1-3,7-10H2,(H2,17,21). The lowest BCUT2D eigenvalue weighted by molar-refractivity contribution is -0.131. The van der Waals surface area contributed by atoms with Gasteiger partial charge in [-0.2, -0.15) is 0 Å². The number of thiocarbonyl (C=S) groups is 1. The van der Waals surface area contributed by atoms with Crippen LogP contribution in [0.3, 0.4) is 0 Å². The van der Waals surface area contributed by atoms with Crippen LogP contribution in [0.25, 0.3) is 0 Å². The Kier molecular flexibility index (Phi) is 5.99. The van der Waals surface area contributed by atoms with Crippen LogP contribution in [0.5, 0.6) is 0 Å². The van der Waals surface area contributed by atoms with Crippen LogP contribution in [-0.4, -0.2) is 35.4 Å². The fourth-order valence-electron chi connectivity index (χ4n) is 2.53. The highest BCUT2D eigenvalue weighted by Gasteiger charge is 2.16. The molecule has 0 saturated carbocycles. The summed E-state index contributed by atoms with van der Waals surface area (Å²) in [5.41, 5.74) is 7.40. The summed E-state index contributed by atoms with van der Waals surface area (Å²) in [6.45, 7) is 2.38. The molecule has 1 amide bonds.